The van der Waals surface area contributed by atoms with E-state index in [4.69, 9.17) is 11.6 Å². The van der Waals surface area contributed by atoms with Gasteiger partial charge < -0.3 is 5.32 Å². The Bertz CT molecular complexity index is 827. The van der Waals surface area contributed by atoms with E-state index in [0.717, 1.165) is 30.3 Å². The number of nitro groups is 1. The first-order valence-electron chi connectivity index (χ1n) is 6.21. The molecule has 0 atom stereocenters. The van der Waals surface area contributed by atoms with Gasteiger partial charge in [-0.3, -0.25) is 14.9 Å². The van der Waals surface area contributed by atoms with Gasteiger partial charge in [0.05, 0.1) is 26.8 Å². The monoisotopic (exact) mass is 470 g/mol. The van der Waals surface area contributed by atoms with Crippen molar-refractivity contribution in [2.24, 2.45) is 0 Å². The number of alkyl halides is 3. The quantitative estimate of drug-likeness (QED) is 0.384. The Morgan fingerprint density at radius 1 is 1.21 bits per heavy atom. The normalized spacial score (nSPS) is 11.2. The van der Waals surface area contributed by atoms with Crippen LogP contribution in [0.4, 0.5) is 24.5 Å². The van der Waals surface area contributed by atoms with Crippen molar-refractivity contribution in [1.29, 1.82) is 0 Å². The average molecular weight is 471 g/mol. The van der Waals surface area contributed by atoms with Crippen LogP contribution >= 0.6 is 34.2 Å². The maximum atomic E-state index is 13.1. The van der Waals surface area contributed by atoms with Crippen LogP contribution in [0, 0.1) is 13.7 Å². The first-order valence-corrected chi connectivity index (χ1v) is 7.67. The number of carbonyl (C=O) groups is 1. The van der Waals surface area contributed by atoms with Gasteiger partial charge >= 0.3 is 6.18 Å². The van der Waals surface area contributed by atoms with Gasteiger partial charge in [0.15, 0.2) is 0 Å². The lowest BCUT2D eigenvalue weighted by molar-refractivity contribution is -0.384. The van der Waals surface area contributed by atoms with Gasteiger partial charge in [0.1, 0.15) is 0 Å². The van der Waals surface area contributed by atoms with Gasteiger partial charge in [-0.05, 0) is 46.9 Å². The van der Waals surface area contributed by atoms with Gasteiger partial charge in [-0.25, -0.2) is 0 Å². The molecule has 0 aliphatic carbocycles. The molecule has 5 nitrogen and oxygen atoms in total. The number of non-ortho nitro benzene ring substituents is 1. The van der Waals surface area contributed by atoms with Crippen LogP contribution in [0.3, 0.4) is 0 Å². The fourth-order valence-corrected chi connectivity index (χ4v) is 2.55. The second-order valence-electron chi connectivity index (χ2n) is 4.56. The lowest BCUT2D eigenvalue weighted by atomic mass is 10.1. The molecule has 0 heterocycles. The molecular weight excluding hydrogens is 464 g/mol. The third-order valence-electron chi connectivity index (χ3n) is 2.94. The first kappa shape index (κ1) is 18.5. The molecule has 0 radical (unpaired) electrons. The molecule has 0 aliphatic rings. The van der Waals surface area contributed by atoms with Crippen molar-refractivity contribution < 1.29 is 22.9 Å². The van der Waals surface area contributed by atoms with Crippen LogP contribution in [0.2, 0.25) is 5.02 Å². The fourth-order valence-electron chi connectivity index (χ4n) is 1.85. The van der Waals surface area contributed by atoms with E-state index >= 15 is 0 Å². The van der Waals surface area contributed by atoms with Crippen LogP contribution in [0.5, 0.6) is 0 Å². The summed E-state index contributed by atoms with van der Waals surface area (Å²) in [6, 6.07) is 6.50. The summed E-state index contributed by atoms with van der Waals surface area (Å²) in [5, 5.41) is 12.7. The van der Waals surface area contributed by atoms with Crippen molar-refractivity contribution in [3.05, 3.63) is 66.2 Å². The number of rotatable bonds is 3. The van der Waals surface area contributed by atoms with Crippen LogP contribution in [0.15, 0.2) is 36.4 Å². The summed E-state index contributed by atoms with van der Waals surface area (Å²) in [4.78, 5) is 22.2. The van der Waals surface area contributed by atoms with Crippen molar-refractivity contribution in [3.63, 3.8) is 0 Å². The summed E-state index contributed by atoms with van der Waals surface area (Å²) in [6.45, 7) is 0. The second kappa shape index (κ2) is 6.93. The molecule has 2 rings (SSSR count). The molecule has 2 aromatic carbocycles. The highest BCUT2D eigenvalue weighted by molar-refractivity contribution is 14.1. The number of benzene rings is 2. The zero-order valence-corrected chi connectivity index (χ0v) is 14.4. The Balaban J connectivity index is 2.41. The summed E-state index contributed by atoms with van der Waals surface area (Å²) in [5.41, 5.74) is -2.18. The minimum atomic E-state index is -4.67. The maximum absolute atomic E-state index is 13.1. The number of carbonyl (C=O) groups excluding carboxylic acids is 1. The summed E-state index contributed by atoms with van der Waals surface area (Å²) in [6.07, 6.45) is -4.67. The molecule has 1 N–H and O–H groups in total. The molecule has 0 aromatic heterocycles. The predicted molar refractivity (Wildman–Crippen MR) is 90.2 cm³/mol. The summed E-state index contributed by atoms with van der Waals surface area (Å²) in [7, 11) is 0. The molecule has 0 aliphatic heterocycles. The average Bonchev–Trinajstić information content (AvgIpc) is 2.48. The zero-order valence-electron chi connectivity index (χ0n) is 11.5. The highest BCUT2D eigenvalue weighted by Gasteiger charge is 2.34. The Hall–Kier alpha value is -1.88. The Labute approximate surface area is 152 Å². The highest BCUT2D eigenvalue weighted by atomic mass is 127. The van der Waals surface area contributed by atoms with Crippen molar-refractivity contribution in [1.82, 2.24) is 0 Å². The molecule has 0 saturated heterocycles. The number of hydrogen-bond donors (Lipinski definition) is 1. The molecule has 0 fully saturated rings. The lowest BCUT2D eigenvalue weighted by Crippen LogP contribution is -2.17. The van der Waals surface area contributed by atoms with Crippen molar-refractivity contribution in [3.8, 4) is 0 Å². The van der Waals surface area contributed by atoms with E-state index in [1.807, 2.05) is 0 Å². The van der Waals surface area contributed by atoms with Crippen molar-refractivity contribution in [2.75, 3.05) is 5.32 Å². The van der Waals surface area contributed by atoms with E-state index < -0.39 is 33.9 Å². The van der Waals surface area contributed by atoms with Gasteiger partial charge in [0.2, 0.25) is 0 Å². The van der Waals surface area contributed by atoms with Crippen molar-refractivity contribution in [2.45, 2.75) is 6.18 Å². The molecule has 126 valence electrons. The number of nitrogens with one attached hydrogen (secondary N) is 1. The minimum absolute atomic E-state index is 0.114. The standard InChI is InChI=1S/C14H7ClF3IN2O3/c15-11-3-2-8(21(23)24)6-9(11)13(22)20-12-4-1-7(19)5-10(12)14(16,17)18/h1-6H,(H,20,22). The molecule has 0 unspecified atom stereocenters. The minimum Gasteiger partial charge on any atom is -0.321 e. The number of nitrogens with zero attached hydrogens (tertiary/aromatic N) is 1. The lowest BCUT2D eigenvalue weighted by Gasteiger charge is -2.14. The third kappa shape index (κ3) is 4.15. The summed E-state index contributed by atoms with van der Waals surface area (Å²) in [5.74, 6) is -0.976. The fraction of sp³-hybridized carbons (Fsp3) is 0.0714. The predicted octanol–water partition coefficient (Wildman–Crippen LogP) is 5.12. The first-order chi connectivity index (χ1) is 11.1. The van der Waals surface area contributed by atoms with Gasteiger partial charge in [-0.15, -0.1) is 0 Å². The second-order valence-corrected chi connectivity index (χ2v) is 6.22. The van der Waals surface area contributed by atoms with E-state index in [1.54, 1.807) is 22.6 Å². The van der Waals surface area contributed by atoms with E-state index in [1.165, 1.54) is 6.07 Å². The molecule has 0 bridgehead atoms. The molecule has 10 heteroatoms. The van der Waals surface area contributed by atoms with Gasteiger partial charge in [0.25, 0.3) is 11.6 Å². The Kier molecular flexibility index (Phi) is 5.33. The van der Waals surface area contributed by atoms with Gasteiger partial charge in [-0.1, -0.05) is 11.6 Å². The van der Waals surface area contributed by atoms with Crippen LogP contribution in [-0.4, -0.2) is 10.8 Å². The smallest absolute Gasteiger partial charge is 0.321 e. The Morgan fingerprint density at radius 3 is 2.46 bits per heavy atom. The molecule has 24 heavy (non-hydrogen) atoms. The molecular formula is C14H7ClF3IN2O3. The molecule has 0 spiro atoms. The number of hydrogen-bond acceptors (Lipinski definition) is 3. The zero-order chi connectivity index (χ0) is 18.1. The van der Waals surface area contributed by atoms with Crippen LogP contribution in [0.1, 0.15) is 15.9 Å². The summed E-state index contributed by atoms with van der Waals surface area (Å²) >= 11 is 7.53. The topological polar surface area (TPSA) is 72.2 Å². The van der Waals surface area contributed by atoms with Crippen LogP contribution < -0.4 is 5.32 Å². The SMILES string of the molecule is O=C(Nc1ccc(I)cc1C(F)(F)F)c1cc([N+](=O)[O-])ccc1Cl. The highest BCUT2D eigenvalue weighted by Crippen LogP contribution is 2.36. The number of anilines is 1. The number of amides is 1. The molecule has 0 saturated carbocycles. The number of halogens is 5. The van der Waals surface area contributed by atoms with Crippen molar-refractivity contribution >= 4 is 51.5 Å². The van der Waals surface area contributed by atoms with E-state index in [2.05, 4.69) is 5.32 Å². The third-order valence-corrected chi connectivity index (χ3v) is 3.94. The Morgan fingerprint density at radius 2 is 1.88 bits per heavy atom. The maximum Gasteiger partial charge on any atom is 0.418 e. The molecule has 1 amide bonds. The van der Waals surface area contributed by atoms with E-state index in [0.29, 0.717) is 3.57 Å². The van der Waals surface area contributed by atoms with Gasteiger partial charge in [-0.2, -0.15) is 13.2 Å². The largest absolute Gasteiger partial charge is 0.418 e. The van der Waals surface area contributed by atoms with E-state index in [-0.39, 0.29) is 10.6 Å². The van der Waals surface area contributed by atoms with Crippen LogP contribution in [-0.2, 0) is 6.18 Å². The molecule has 2 aromatic rings. The van der Waals surface area contributed by atoms with Gasteiger partial charge in [0, 0.05) is 15.7 Å². The van der Waals surface area contributed by atoms with E-state index in [9.17, 15) is 28.1 Å². The number of nitro benzene ring substituents is 1. The van der Waals surface area contributed by atoms with Crippen LogP contribution in [0.25, 0.3) is 0 Å². The summed E-state index contributed by atoms with van der Waals surface area (Å²) < 4.78 is 39.5.